The van der Waals surface area contributed by atoms with E-state index < -0.39 is 0 Å². The van der Waals surface area contributed by atoms with E-state index in [1.54, 1.807) is 0 Å². The highest BCUT2D eigenvalue weighted by molar-refractivity contribution is 14.1. The summed E-state index contributed by atoms with van der Waals surface area (Å²) in [4.78, 5) is 12.2. The second kappa shape index (κ2) is 6.19. The third-order valence-electron chi connectivity index (χ3n) is 3.08. The Morgan fingerprint density at radius 1 is 1.16 bits per heavy atom. The van der Waals surface area contributed by atoms with E-state index in [0.29, 0.717) is 5.56 Å². The van der Waals surface area contributed by atoms with Crippen LogP contribution in [0.4, 0.5) is 0 Å². The van der Waals surface area contributed by atoms with Gasteiger partial charge in [-0.3, -0.25) is 4.79 Å². The van der Waals surface area contributed by atoms with Gasteiger partial charge in [0.15, 0.2) is 0 Å². The van der Waals surface area contributed by atoms with Crippen molar-refractivity contribution >= 4 is 28.5 Å². The van der Waals surface area contributed by atoms with E-state index in [1.165, 1.54) is 5.56 Å². The number of amides is 1. The van der Waals surface area contributed by atoms with Gasteiger partial charge in [0.05, 0.1) is 6.04 Å². The molecule has 0 bridgehead atoms. The highest BCUT2D eigenvalue weighted by Crippen LogP contribution is 2.16. The SMILES string of the molecule is Cc1ccc(C(=O)NC(C)c2ccccc2)cc1I. The van der Waals surface area contributed by atoms with Gasteiger partial charge in [-0.25, -0.2) is 0 Å². The molecule has 19 heavy (non-hydrogen) atoms. The molecule has 0 saturated heterocycles. The summed E-state index contributed by atoms with van der Waals surface area (Å²) < 4.78 is 1.11. The highest BCUT2D eigenvalue weighted by Gasteiger charge is 2.11. The third kappa shape index (κ3) is 3.56. The molecule has 1 atom stereocenters. The van der Waals surface area contributed by atoms with Gasteiger partial charge in [0, 0.05) is 9.13 Å². The number of nitrogens with one attached hydrogen (secondary N) is 1. The lowest BCUT2D eigenvalue weighted by atomic mass is 10.1. The zero-order chi connectivity index (χ0) is 13.8. The summed E-state index contributed by atoms with van der Waals surface area (Å²) in [5.74, 6) is -0.0331. The quantitative estimate of drug-likeness (QED) is 0.816. The molecule has 0 aliphatic heterocycles. The number of carbonyl (C=O) groups is 1. The van der Waals surface area contributed by atoms with Crippen LogP contribution in [0.2, 0.25) is 0 Å². The first-order chi connectivity index (χ1) is 9.08. The summed E-state index contributed by atoms with van der Waals surface area (Å²) in [6, 6.07) is 15.7. The van der Waals surface area contributed by atoms with Gasteiger partial charge >= 0.3 is 0 Å². The Morgan fingerprint density at radius 2 is 1.84 bits per heavy atom. The second-order valence-electron chi connectivity index (χ2n) is 4.57. The van der Waals surface area contributed by atoms with Crippen LogP contribution in [0.3, 0.4) is 0 Å². The minimum Gasteiger partial charge on any atom is -0.346 e. The van der Waals surface area contributed by atoms with Crippen molar-refractivity contribution in [2.45, 2.75) is 19.9 Å². The molecule has 2 rings (SSSR count). The molecule has 3 heteroatoms. The van der Waals surface area contributed by atoms with Gasteiger partial charge in [-0.1, -0.05) is 36.4 Å². The molecular formula is C16H16INO. The van der Waals surface area contributed by atoms with Crippen LogP contribution in [-0.4, -0.2) is 5.91 Å². The number of aryl methyl sites for hydroxylation is 1. The van der Waals surface area contributed by atoms with Crippen molar-refractivity contribution in [1.29, 1.82) is 0 Å². The lowest BCUT2D eigenvalue weighted by Crippen LogP contribution is -2.26. The number of benzene rings is 2. The Hall–Kier alpha value is -1.36. The average molecular weight is 365 g/mol. The maximum Gasteiger partial charge on any atom is 0.251 e. The van der Waals surface area contributed by atoms with Crippen LogP contribution in [0, 0.1) is 10.5 Å². The first kappa shape index (κ1) is 14.1. The van der Waals surface area contributed by atoms with Crippen LogP contribution >= 0.6 is 22.6 Å². The molecule has 2 nitrogen and oxygen atoms in total. The molecule has 1 amide bonds. The number of hydrogen-bond acceptors (Lipinski definition) is 1. The molecule has 2 aromatic rings. The summed E-state index contributed by atoms with van der Waals surface area (Å²) >= 11 is 2.25. The van der Waals surface area contributed by atoms with E-state index in [1.807, 2.05) is 62.4 Å². The van der Waals surface area contributed by atoms with Crippen molar-refractivity contribution in [2.24, 2.45) is 0 Å². The van der Waals surface area contributed by atoms with Crippen LogP contribution < -0.4 is 5.32 Å². The van der Waals surface area contributed by atoms with E-state index in [4.69, 9.17) is 0 Å². The zero-order valence-corrected chi connectivity index (χ0v) is 13.1. The fourth-order valence-corrected chi connectivity index (χ4v) is 2.35. The summed E-state index contributed by atoms with van der Waals surface area (Å²) in [6.45, 7) is 4.03. The second-order valence-corrected chi connectivity index (χ2v) is 5.73. The number of halogens is 1. The molecule has 0 radical (unpaired) electrons. The summed E-state index contributed by atoms with van der Waals surface area (Å²) in [7, 11) is 0. The normalized spacial score (nSPS) is 11.9. The average Bonchev–Trinajstić information content (AvgIpc) is 2.42. The van der Waals surface area contributed by atoms with Crippen molar-refractivity contribution in [2.75, 3.05) is 0 Å². The number of rotatable bonds is 3. The van der Waals surface area contributed by atoms with E-state index in [2.05, 4.69) is 27.9 Å². The molecule has 0 aromatic heterocycles. The van der Waals surface area contributed by atoms with Crippen molar-refractivity contribution in [1.82, 2.24) is 5.32 Å². The highest BCUT2D eigenvalue weighted by atomic mass is 127. The van der Waals surface area contributed by atoms with Gasteiger partial charge in [-0.15, -0.1) is 0 Å². The Balaban J connectivity index is 2.11. The summed E-state index contributed by atoms with van der Waals surface area (Å²) in [5, 5.41) is 3.02. The molecular weight excluding hydrogens is 349 g/mol. The van der Waals surface area contributed by atoms with E-state index in [9.17, 15) is 4.79 Å². The van der Waals surface area contributed by atoms with Crippen LogP contribution in [-0.2, 0) is 0 Å². The Morgan fingerprint density at radius 3 is 2.47 bits per heavy atom. The van der Waals surface area contributed by atoms with Gasteiger partial charge in [-0.2, -0.15) is 0 Å². The molecule has 0 heterocycles. The Labute approximate surface area is 127 Å². The molecule has 1 N–H and O–H groups in total. The van der Waals surface area contributed by atoms with Gasteiger partial charge in [-0.05, 0) is 59.7 Å². The topological polar surface area (TPSA) is 29.1 Å². The minimum absolute atomic E-state index is 0.00710. The molecule has 0 aliphatic carbocycles. The van der Waals surface area contributed by atoms with Gasteiger partial charge in [0.1, 0.15) is 0 Å². The lowest BCUT2D eigenvalue weighted by Gasteiger charge is -2.14. The molecule has 0 fully saturated rings. The Kier molecular flexibility index (Phi) is 4.58. The molecule has 0 saturated carbocycles. The predicted molar refractivity (Wildman–Crippen MR) is 86.2 cm³/mol. The predicted octanol–water partition coefficient (Wildman–Crippen LogP) is 4.09. The smallest absolute Gasteiger partial charge is 0.251 e. The number of hydrogen-bond donors (Lipinski definition) is 1. The maximum atomic E-state index is 12.2. The lowest BCUT2D eigenvalue weighted by molar-refractivity contribution is 0.0940. The maximum absolute atomic E-state index is 12.2. The monoisotopic (exact) mass is 365 g/mol. The third-order valence-corrected chi connectivity index (χ3v) is 4.24. The summed E-state index contributed by atoms with van der Waals surface area (Å²) in [6.07, 6.45) is 0. The molecule has 98 valence electrons. The zero-order valence-electron chi connectivity index (χ0n) is 11.0. The van der Waals surface area contributed by atoms with Crippen molar-refractivity contribution in [3.05, 3.63) is 68.8 Å². The van der Waals surface area contributed by atoms with E-state index >= 15 is 0 Å². The molecule has 0 aliphatic rings. The van der Waals surface area contributed by atoms with E-state index in [0.717, 1.165) is 9.13 Å². The van der Waals surface area contributed by atoms with Crippen molar-refractivity contribution in [3.63, 3.8) is 0 Å². The van der Waals surface area contributed by atoms with E-state index in [-0.39, 0.29) is 11.9 Å². The van der Waals surface area contributed by atoms with Gasteiger partial charge < -0.3 is 5.32 Å². The van der Waals surface area contributed by atoms with Crippen molar-refractivity contribution < 1.29 is 4.79 Å². The fourth-order valence-electron chi connectivity index (χ4n) is 1.84. The molecule has 2 aromatic carbocycles. The molecule has 0 spiro atoms. The van der Waals surface area contributed by atoms with Crippen LogP contribution in [0.5, 0.6) is 0 Å². The minimum atomic E-state index is -0.0331. The first-order valence-electron chi connectivity index (χ1n) is 6.20. The molecule has 1 unspecified atom stereocenters. The number of carbonyl (C=O) groups excluding carboxylic acids is 1. The first-order valence-corrected chi connectivity index (χ1v) is 7.28. The fraction of sp³-hybridized carbons (Fsp3) is 0.188. The Bertz CT molecular complexity index is 581. The standard InChI is InChI=1S/C16H16INO/c1-11-8-9-14(10-15(11)17)16(19)18-12(2)13-6-4-3-5-7-13/h3-10,12H,1-2H3,(H,18,19). The van der Waals surface area contributed by atoms with Crippen molar-refractivity contribution in [3.8, 4) is 0 Å². The van der Waals surface area contributed by atoms with Gasteiger partial charge in [0.2, 0.25) is 0 Å². The van der Waals surface area contributed by atoms with Gasteiger partial charge in [0.25, 0.3) is 5.91 Å². The largest absolute Gasteiger partial charge is 0.346 e. The van der Waals surface area contributed by atoms with Crippen LogP contribution in [0.25, 0.3) is 0 Å². The summed E-state index contributed by atoms with van der Waals surface area (Å²) in [5.41, 5.74) is 3.00. The van der Waals surface area contributed by atoms with Crippen LogP contribution in [0.1, 0.15) is 34.5 Å². The van der Waals surface area contributed by atoms with Crippen LogP contribution in [0.15, 0.2) is 48.5 Å².